The van der Waals surface area contributed by atoms with Crippen molar-refractivity contribution in [3.8, 4) is 22.3 Å². The minimum atomic E-state index is -2.37. The van der Waals surface area contributed by atoms with Crippen LogP contribution in [0, 0.1) is 13.8 Å². The highest BCUT2D eigenvalue weighted by Gasteiger charge is 2.48. The van der Waals surface area contributed by atoms with Gasteiger partial charge in [-0.15, -0.1) is 0 Å². The fraction of sp³-hybridized carbons (Fsp3) is 0.288. The lowest BCUT2D eigenvalue weighted by molar-refractivity contribution is 0.403. The Kier molecular flexibility index (Phi) is 8.23. The molecule has 3 aliphatic rings. The van der Waals surface area contributed by atoms with E-state index < -0.39 is 6.85 Å². The second kappa shape index (κ2) is 13.9. The molecular formula is C59H61BN2. The van der Waals surface area contributed by atoms with Crippen LogP contribution < -0.4 is 26.2 Å². The van der Waals surface area contributed by atoms with Gasteiger partial charge in [0.1, 0.15) is 0 Å². The topological polar surface area (TPSA) is 6.48 Å². The quantitative estimate of drug-likeness (QED) is 0.163. The molecule has 0 amide bonds. The van der Waals surface area contributed by atoms with E-state index in [-0.39, 0.29) is 28.4 Å². The number of benzene rings is 7. The molecule has 62 heavy (non-hydrogen) atoms. The van der Waals surface area contributed by atoms with Gasteiger partial charge in [-0.1, -0.05) is 160 Å². The summed E-state index contributed by atoms with van der Waals surface area (Å²) in [6.45, 7) is 22.9. The second-order valence-corrected chi connectivity index (χ2v) is 21.7. The summed E-state index contributed by atoms with van der Waals surface area (Å²) in [5.74, 6) is 0. The minimum Gasteiger partial charge on any atom is -0.311 e. The molecule has 0 bridgehead atoms. The third-order valence-electron chi connectivity index (χ3n) is 14.1. The molecule has 2 heterocycles. The first-order chi connectivity index (χ1) is 30.5. The van der Waals surface area contributed by atoms with Crippen molar-refractivity contribution in [3.63, 3.8) is 0 Å². The normalized spacial score (nSPS) is 16.8. The Bertz CT molecular complexity index is 3040. The van der Waals surface area contributed by atoms with E-state index in [1.165, 1.54) is 38.7 Å². The Morgan fingerprint density at radius 1 is 0.500 bits per heavy atom. The van der Waals surface area contributed by atoms with Crippen molar-refractivity contribution in [2.24, 2.45) is 0 Å². The van der Waals surface area contributed by atoms with Crippen molar-refractivity contribution in [3.05, 3.63) is 173 Å². The van der Waals surface area contributed by atoms with Crippen LogP contribution in [0.3, 0.4) is 0 Å². The van der Waals surface area contributed by atoms with Gasteiger partial charge in [0.2, 0.25) is 0 Å². The van der Waals surface area contributed by atoms with Crippen LogP contribution in [0.4, 0.5) is 34.1 Å². The summed E-state index contributed by atoms with van der Waals surface area (Å²) in [7, 11) is 0. The van der Waals surface area contributed by atoms with E-state index in [0.717, 1.165) is 68.3 Å². The molecule has 0 aromatic heterocycles. The smallest absolute Gasteiger partial charge is 0.252 e. The largest absolute Gasteiger partial charge is 0.311 e. The molecule has 7 aromatic rings. The maximum atomic E-state index is 9.09. The van der Waals surface area contributed by atoms with Crippen LogP contribution in [0.1, 0.15) is 113 Å². The van der Waals surface area contributed by atoms with E-state index in [0.29, 0.717) is 5.56 Å². The number of hydrogen-bond donors (Lipinski definition) is 0. The molecule has 0 unspecified atom stereocenters. The van der Waals surface area contributed by atoms with Gasteiger partial charge >= 0.3 is 0 Å². The van der Waals surface area contributed by atoms with Crippen LogP contribution in [0.5, 0.6) is 0 Å². The van der Waals surface area contributed by atoms with Crippen LogP contribution in [0.2, 0.25) is 0 Å². The number of aryl methyl sites for hydroxylation is 2. The maximum Gasteiger partial charge on any atom is 0.252 e. The van der Waals surface area contributed by atoms with Crippen LogP contribution in [0.25, 0.3) is 22.3 Å². The summed E-state index contributed by atoms with van der Waals surface area (Å²) >= 11 is 0. The average molecular weight is 812 g/mol. The fourth-order valence-corrected chi connectivity index (χ4v) is 11.2. The van der Waals surface area contributed by atoms with E-state index in [4.69, 9.17) is 4.11 Å². The third-order valence-corrected chi connectivity index (χ3v) is 14.1. The predicted octanol–water partition coefficient (Wildman–Crippen LogP) is 14.3. The lowest BCUT2D eigenvalue weighted by atomic mass is 9.33. The van der Waals surface area contributed by atoms with Gasteiger partial charge in [0.25, 0.3) is 6.71 Å². The molecule has 0 spiro atoms. The van der Waals surface area contributed by atoms with Gasteiger partial charge in [-0.2, -0.15) is 0 Å². The number of anilines is 6. The van der Waals surface area contributed by atoms with Gasteiger partial charge in [-0.25, -0.2) is 0 Å². The summed E-state index contributed by atoms with van der Waals surface area (Å²) in [6, 6.07) is 51.0. The highest BCUT2D eigenvalue weighted by Crippen LogP contribution is 2.53. The molecule has 10 rings (SSSR count). The van der Waals surface area contributed by atoms with E-state index in [1.807, 2.05) is 12.1 Å². The first-order valence-corrected chi connectivity index (χ1v) is 22.5. The molecule has 2 nitrogen and oxygen atoms in total. The highest BCUT2D eigenvalue weighted by molar-refractivity contribution is 7.00. The maximum absolute atomic E-state index is 9.09. The molecule has 0 fully saturated rings. The number of nitrogens with zero attached hydrogens (tertiary/aromatic N) is 2. The summed E-state index contributed by atoms with van der Waals surface area (Å²) in [5.41, 5.74) is 20.7. The first kappa shape index (κ1) is 36.8. The summed E-state index contributed by atoms with van der Waals surface area (Å²) in [4.78, 5) is 4.82. The first-order valence-electron chi connectivity index (χ1n) is 24.0. The zero-order chi connectivity index (χ0) is 46.2. The monoisotopic (exact) mass is 812 g/mol. The molecular weight excluding hydrogens is 747 g/mol. The second-order valence-electron chi connectivity index (χ2n) is 21.7. The zero-order valence-corrected chi connectivity index (χ0v) is 38.5. The number of rotatable bonds is 4. The van der Waals surface area contributed by atoms with E-state index in [9.17, 15) is 0 Å². The molecule has 0 atom stereocenters. The van der Waals surface area contributed by atoms with Crippen molar-refractivity contribution in [2.75, 3.05) is 9.80 Å². The number of hydrogen-bond acceptors (Lipinski definition) is 2. The summed E-state index contributed by atoms with van der Waals surface area (Å²) < 4.78 is 27.3. The van der Waals surface area contributed by atoms with E-state index >= 15 is 0 Å². The van der Waals surface area contributed by atoms with Crippen molar-refractivity contribution < 1.29 is 4.11 Å². The minimum absolute atomic E-state index is 0.0314. The van der Waals surface area contributed by atoms with Crippen molar-refractivity contribution in [1.82, 2.24) is 0 Å². The van der Waals surface area contributed by atoms with Gasteiger partial charge in [-0.3, -0.25) is 0 Å². The third kappa shape index (κ3) is 6.37. The fourth-order valence-electron chi connectivity index (χ4n) is 11.2. The van der Waals surface area contributed by atoms with Crippen molar-refractivity contribution >= 4 is 57.2 Å². The van der Waals surface area contributed by atoms with Crippen LogP contribution in [-0.4, -0.2) is 6.71 Å². The molecule has 7 aromatic carbocycles. The van der Waals surface area contributed by atoms with Gasteiger partial charge in [0, 0.05) is 38.1 Å². The standard InChI is InChI=1S/C59H61BN2/c1-37-29-53-55-54(30-37)62(50-27-24-42(56(3,4)5)32-44(50)40-21-17-14-18-22-40)51-28-25-43(57(6,7)8)33-47(51)60(55)48-34-45-46(59(11,12)36-58(45,9)10)35-52(48)61(53)49-26-23-41(31-38(49)2)39-19-15-13-16-20-39/h13-35H,36H2,1-12H3/i1D3. The molecule has 2 aliphatic heterocycles. The molecule has 3 heteroatoms. The Morgan fingerprint density at radius 2 is 1.03 bits per heavy atom. The lowest BCUT2D eigenvalue weighted by Gasteiger charge is -2.46. The summed E-state index contributed by atoms with van der Waals surface area (Å²) in [6.07, 6.45) is 1.04. The zero-order valence-electron chi connectivity index (χ0n) is 41.5. The highest BCUT2D eigenvalue weighted by atomic mass is 15.2. The molecule has 0 saturated heterocycles. The molecule has 0 radical (unpaired) electrons. The van der Waals surface area contributed by atoms with Crippen molar-refractivity contribution in [2.45, 2.75) is 111 Å². The predicted molar refractivity (Wildman–Crippen MR) is 269 cm³/mol. The molecule has 1 aliphatic carbocycles. The average Bonchev–Trinajstić information content (AvgIpc) is 3.43. The Morgan fingerprint density at radius 3 is 1.63 bits per heavy atom. The Hall–Kier alpha value is -5.80. The van der Waals surface area contributed by atoms with E-state index in [2.05, 4.69) is 213 Å². The van der Waals surface area contributed by atoms with Gasteiger partial charge in [0.05, 0.1) is 5.69 Å². The molecule has 310 valence electrons. The van der Waals surface area contributed by atoms with Crippen LogP contribution in [-0.2, 0) is 21.7 Å². The molecule has 0 saturated carbocycles. The van der Waals surface area contributed by atoms with Gasteiger partial charge in [0.15, 0.2) is 0 Å². The van der Waals surface area contributed by atoms with Crippen molar-refractivity contribution in [1.29, 1.82) is 0 Å². The van der Waals surface area contributed by atoms with Gasteiger partial charge in [-0.05, 0) is 157 Å². The van der Waals surface area contributed by atoms with Crippen LogP contribution in [0.15, 0.2) is 140 Å². The molecule has 0 N–H and O–H groups in total. The Balaban J connectivity index is 1.35. The summed E-state index contributed by atoms with van der Waals surface area (Å²) in [5, 5.41) is 0. The lowest BCUT2D eigenvalue weighted by Crippen LogP contribution is -2.61. The number of fused-ring (bicyclic) bond motifs is 5. The van der Waals surface area contributed by atoms with Crippen LogP contribution >= 0.6 is 0 Å². The van der Waals surface area contributed by atoms with E-state index in [1.54, 1.807) is 0 Å². The SMILES string of the molecule is [2H]C([2H])([2H])c1cc2c3c(c1)N(c1ccc(C(C)(C)C)cc1-c1ccccc1)c1ccc(C(C)(C)C)cc1B3c1cc3c(cc1N2c1ccc(-c2ccccc2)cc1C)C(C)(C)CC3(C)C. The van der Waals surface area contributed by atoms with Gasteiger partial charge < -0.3 is 9.80 Å². The Labute approximate surface area is 376 Å².